The Morgan fingerprint density at radius 3 is 2.81 bits per heavy atom. The Hall–Kier alpha value is -0.480. The van der Waals surface area contributed by atoms with Crippen molar-refractivity contribution in [3.05, 3.63) is 51.7 Å². The molecule has 0 aliphatic carbocycles. The van der Waals surface area contributed by atoms with Crippen LogP contribution in [0.2, 0.25) is 5.02 Å². The lowest BCUT2D eigenvalue weighted by atomic mass is 10.3. The quantitative estimate of drug-likeness (QED) is 0.842. The maximum absolute atomic E-state index is 5.95. The van der Waals surface area contributed by atoms with Crippen LogP contribution < -0.4 is 5.73 Å². The highest BCUT2D eigenvalue weighted by molar-refractivity contribution is 7.99. The minimum Gasteiger partial charge on any atom is -0.329 e. The Kier molecular flexibility index (Phi) is 4.29. The highest BCUT2D eigenvalue weighted by atomic mass is 35.5. The van der Waals surface area contributed by atoms with Gasteiger partial charge in [0.25, 0.3) is 0 Å². The van der Waals surface area contributed by atoms with E-state index in [2.05, 4.69) is 23.6 Å². The summed E-state index contributed by atoms with van der Waals surface area (Å²) in [6.07, 6.45) is 0. The van der Waals surface area contributed by atoms with Gasteiger partial charge in [0.1, 0.15) is 0 Å². The van der Waals surface area contributed by atoms with Crippen molar-refractivity contribution in [1.82, 2.24) is 0 Å². The molecule has 1 unspecified atom stereocenters. The summed E-state index contributed by atoms with van der Waals surface area (Å²) in [4.78, 5) is 2.48. The van der Waals surface area contributed by atoms with Crippen LogP contribution in [0.25, 0.3) is 0 Å². The molecule has 0 bridgehead atoms. The van der Waals surface area contributed by atoms with Gasteiger partial charge in [-0.15, -0.1) is 23.1 Å². The molecule has 0 radical (unpaired) electrons. The predicted octanol–water partition coefficient (Wildman–Crippen LogP) is 4.19. The van der Waals surface area contributed by atoms with E-state index >= 15 is 0 Å². The monoisotopic (exact) mass is 269 g/mol. The zero-order valence-electron chi connectivity index (χ0n) is 8.60. The second kappa shape index (κ2) is 5.73. The van der Waals surface area contributed by atoms with Gasteiger partial charge in [-0.25, -0.2) is 0 Å². The first-order valence-electron chi connectivity index (χ1n) is 4.95. The molecule has 1 heterocycles. The normalized spacial score (nSPS) is 12.6. The number of benzene rings is 1. The molecule has 2 N–H and O–H groups in total. The molecule has 1 nitrogen and oxygen atoms in total. The number of halogens is 1. The van der Waals surface area contributed by atoms with E-state index in [0.717, 1.165) is 9.92 Å². The summed E-state index contributed by atoms with van der Waals surface area (Å²) in [5, 5.41) is 3.17. The minimum atomic E-state index is 0.318. The SMILES string of the molecule is NCC(Sc1cccc(Cl)c1)c1cccs1. The number of nitrogens with two attached hydrogens (primary N) is 1. The van der Waals surface area contributed by atoms with Crippen LogP contribution in [0.4, 0.5) is 0 Å². The van der Waals surface area contributed by atoms with Gasteiger partial charge in [0, 0.05) is 21.3 Å². The van der Waals surface area contributed by atoms with Crippen molar-refractivity contribution < 1.29 is 0 Å². The Balaban J connectivity index is 2.13. The van der Waals surface area contributed by atoms with Crippen molar-refractivity contribution in [2.75, 3.05) is 6.54 Å². The molecule has 1 aromatic carbocycles. The van der Waals surface area contributed by atoms with Crippen LogP contribution in [0.15, 0.2) is 46.7 Å². The standard InChI is InChI=1S/C12H12ClNS2/c13-9-3-1-4-10(7-9)16-12(8-14)11-5-2-6-15-11/h1-7,12H,8,14H2. The van der Waals surface area contributed by atoms with Crippen LogP contribution in [-0.4, -0.2) is 6.54 Å². The molecule has 1 aromatic heterocycles. The van der Waals surface area contributed by atoms with E-state index in [1.807, 2.05) is 18.2 Å². The molecule has 0 saturated carbocycles. The number of thioether (sulfide) groups is 1. The third-order valence-corrected chi connectivity index (χ3v) is 4.78. The summed E-state index contributed by atoms with van der Waals surface area (Å²) in [6.45, 7) is 0.637. The lowest BCUT2D eigenvalue weighted by Gasteiger charge is -2.12. The topological polar surface area (TPSA) is 26.0 Å². The summed E-state index contributed by atoms with van der Waals surface area (Å²) in [5.74, 6) is 0. The Morgan fingerprint density at radius 2 is 2.19 bits per heavy atom. The first kappa shape index (κ1) is 12.0. The van der Waals surface area contributed by atoms with Gasteiger partial charge >= 0.3 is 0 Å². The van der Waals surface area contributed by atoms with Crippen LogP contribution in [0.3, 0.4) is 0 Å². The fraction of sp³-hybridized carbons (Fsp3) is 0.167. The van der Waals surface area contributed by atoms with Crippen molar-refractivity contribution in [3.8, 4) is 0 Å². The maximum Gasteiger partial charge on any atom is 0.0560 e. The Bertz CT molecular complexity index is 442. The zero-order valence-corrected chi connectivity index (χ0v) is 11.0. The fourth-order valence-electron chi connectivity index (χ4n) is 1.40. The van der Waals surface area contributed by atoms with Crippen molar-refractivity contribution in [3.63, 3.8) is 0 Å². The second-order valence-corrected chi connectivity index (χ2v) is 6.01. The van der Waals surface area contributed by atoms with E-state index in [4.69, 9.17) is 17.3 Å². The zero-order chi connectivity index (χ0) is 11.4. The van der Waals surface area contributed by atoms with E-state index in [-0.39, 0.29) is 0 Å². The van der Waals surface area contributed by atoms with E-state index in [1.165, 1.54) is 4.88 Å². The summed E-state index contributed by atoms with van der Waals surface area (Å²) < 4.78 is 0. The van der Waals surface area contributed by atoms with Gasteiger partial charge in [0.15, 0.2) is 0 Å². The molecular formula is C12H12ClNS2. The highest BCUT2D eigenvalue weighted by Gasteiger charge is 2.12. The third-order valence-electron chi connectivity index (χ3n) is 2.15. The molecular weight excluding hydrogens is 258 g/mol. The van der Waals surface area contributed by atoms with Crippen LogP contribution >= 0.6 is 34.7 Å². The van der Waals surface area contributed by atoms with Crippen molar-refractivity contribution >= 4 is 34.7 Å². The van der Waals surface area contributed by atoms with Gasteiger partial charge in [-0.3, -0.25) is 0 Å². The first-order chi connectivity index (χ1) is 7.79. The molecule has 0 aliphatic heterocycles. The number of hydrogen-bond donors (Lipinski definition) is 1. The fourth-order valence-corrected chi connectivity index (χ4v) is 3.66. The Morgan fingerprint density at radius 1 is 1.31 bits per heavy atom. The molecule has 0 aliphatic rings. The molecule has 2 rings (SSSR count). The Labute approximate surface area is 109 Å². The third kappa shape index (κ3) is 3.01. The van der Waals surface area contributed by atoms with Crippen LogP contribution in [0.1, 0.15) is 10.1 Å². The second-order valence-electron chi connectivity index (χ2n) is 3.31. The highest BCUT2D eigenvalue weighted by Crippen LogP contribution is 2.37. The molecule has 16 heavy (non-hydrogen) atoms. The molecule has 0 fully saturated rings. The van der Waals surface area contributed by atoms with Gasteiger partial charge < -0.3 is 5.73 Å². The van der Waals surface area contributed by atoms with Crippen molar-refractivity contribution in [2.45, 2.75) is 10.1 Å². The smallest absolute Gasteiger partial charge is 0.0560 e. The molecule has 2 aromatic rings. The van der Waals surface area contributed by atoms with Crippen LogP contribution in [0.5, 0.6) is 0 Å². The molecule has 1 atom stereocenters. The largest absolute Gasteiger partial charge is 0.329 e. The van der Waals surface area contributed by atoms with Gasteiger partial charge in [0.2, 0.25) is 0 Å². The maximum atomic E-state index is 5.95. The molecule has 84 valence electrons. The number of rotatable bonds is 4. The van der Waals surface area contributed by atoms with Crippen LogP contribution in [-0.2, 0) is 0 Å². The van der Waals surface area contributed by atoms with E-state index in [9.17, 15) is 0 Å². The van der Waals surface area contributed by atoms with Gasteiger partial charge in [-0.2, -0.15) is 0 Å². The van der Waals surface area contributed by atoms with Crippen LogP contribution in [0, 0.1) is 0 Å². The molecule has 0 saturated heterocycles. The summed E-state index contributed by atoms with van der Waals surface area (Å²) >= 11 is 9.46. The van der Waals surface area contributed by atoms with E-state index < -0.39 is 0 Å². The average molecular weight is 270 g/mol. The lowest BCUT2D eigenvalue weighted by molar-refractivity contribution is 0.960. The summed E-state index contributed by atoms with van der Waals surface area (Å²) in [6, 6.07) is 12.1. The van der Waals surface area contributed by atoms with E-state index in [0.29, 0.717) is 11.8 Å². The van der Waals surface area contributed by atoms with E-state index in [1.54, 1.807) is 23.1 Å². The molecule has 4 heteroatoms. The molecule has 0 spiro atoms. The lowest BCUT2D eigenvalue weighted by Crippen LogP contribution is -2.07. The van der Waals surface area contributed by atoms with Gasteiger partial charge in [-0.1, -0.05) is 23.7 Å². The predicted molar refractivity (Wildman–Crippen MR) is 73.4 cm³/mol. The van der Waals surface area contributed by atoms with Crippen molar-refractivity contribution in [1.29, 1.82) is 0 Å². The first-order valence-corrected chi connectivity index (χ1v) is 7.09. The number of hydrogen-bond acceptors (Lipinski definition) is 3. The number of thiophene rings is 1. The van der Waals surface area contributed by atoms with Crippen molar-refractivity contribution in [2.24, 2.45) is 5.73 Å². The molecule has 0 amide bonds. The minimum absolute atomic E-state index is 0.318. The summed E-state index contributed by atoms with van der Waals surface area (Å²) in [7, 11) is 0. The average Bonchev–Trinajstić information content (AvgIpc) is 2.79. The van der Waals surface area contributed by atoms with Gasteiger partial charge in [0.05, 0.1) is 5.25 Å². The summed E-state index contributed by atoms with van der Waals surface area (Å²) in [5.41, 5.74) is 5.80. The van der Waals surface area contributed by atoms with Gasteiger partial charge in [-0.05, 0) is 29.6 Å².